The molecule has 144 valence electrons. The number of nitrogens with one attached hydrogen (secondary N) is 1. The van der Waals surface area contributed by atoms with E-state index < -0.39 is 0 Å². The predicted octanol–water partition coefficient (Wildman–Crippen LogP) is 2.50. The van der Waals surface area contributed by atoms with Gasteiger partial charge in [0.05, 0.1) is 21.3 Å². The second-order valence-corrected chi connectivity index (χ2v) is 5.73. The molecule has 0 radical (unpaired) electrons. The van der Waals surface area contributed by atoms with E-state index in [0.29, 0.717) is 35.9 Å². The van der Waals surface area contributed by atoms with Crippen LogP contribution in [0.3, 0.4) is 0 Å². The third kappa shape index (κ3) is 5.37. The molecule has 2 rings (SSSR count). The van der Waals surface area contributed by atoms with Crippen LogP contribution in [0.15, 0.2) is 42.5 Å². The van der Waals surface area contributed by atoms with Crippen molar-refractivity contribution < 1.29 is 23.8 Å². The van der Waals surface area contributed by atoms with E-state index in [-0.39, 0.29) is 11.8 Å². The van der Waals surface area contributed by atoms with Gasteiger partial charge in [0, 0.05) is 37.3 Å². The molecule has 0 saturated heterocycles. The summed E-state index contributed by atoms with van der Waals surface area (Å²) in [5.41, 5.74) is 1.16. The van der Waals surface area contributed by atoms with E-state index in [1.54, 1.807) is 54.5 Å². The Balaban J connectivity index is 2.02. The molecule has 2 amide bonds. The molecule has 2 aromatic carbocycles. The monoisotopic (exact) mass is 372 g/mol. The highest BCUT2D eigenvalue weighted by Gasteiger charge is 2.13. The van der Waals surface area contributed by atoms with Crippen molar-refractivity contribution in [1.29, 1.82) is 0 Å². The van der Waals surface area contributed by atoms with Crippen molar-refractivity contribution in [2.45, 2.75) is 6.92 Å². The Morgan fingerprint density at radius 2 is 1.44 bits per heavy atom. The summed E-state index contributed by atoms with van der Waals surface area (Å²) >= 11 is 0. The lowest BCUT2D eigenvalue weighted by atomic mass is 10.2. The molecule has 0 heterocycles. The topological polar surface area (TPSA) is 77.1 Å². The summed E-state index contributed by atoms with van der Waals surface area (Å²) in [6.07, 6.45) is 0. The number of ether oxygens (including phenoxy) is 3. The highest BCUT2D eigenvalue weighted by molar-refractivity contribution is 5.95. The first-order valence-corrected chi connectivity index (χ1v) is 8.42. The Labute approximate surface area is 158 Å². The van der Waals surface area contributed by atoms with Crippen LogP contribution in [0.5, 0.6) is 17.2 Å². The van der Waals surface area contributed by atoms with Crippen molar-refractivity contribution in [3.63, 3.8) is 0 Å². The third-order valence-corrected chi connectivity index (χ3v) is 4.00. The molecule has 0 atom stereocenters. The number of amides is 2. The van der Waals surface area contributed by atoms with Crippen molar-refractivity contribution in [2.24, 2.45) is 0 Å². The van der Waals surface area contributed by atoms with Crippen LogP contribution in [-0.2, 0) is 4.79 Å². The fourth-order valence-corrected chi connectivity index (χ4v) is 2.55. The van der Waals surface area contributed by atoms with Gasteiger partial charge in [-0.15, -0.1) is 0 Å². The lowest BCUT2D eigenvalue weighted by molar-refractivity contribution is -0.116. The van der Waals surface area contributed by atoms with Gasteiger partial charge >= 0.3 is 0 Å². The lowest BCUT2D eigenvalue weighted by Crippen LogP contribution is -2.37. The Morgan fingerprint density at radius 1 is 0.889 bits per heavy atom. The van der Waals surface area contributed by atoms with Gasteiger partial charge in [-0.25, -0.2) is 0 Å². The standard InChI is InChI=1S/C20H24N2O5/c1-14(23)22(16-5-7-17(25-2)8-6-16)10-9-21-20(24)15-11-18(26-3)13-19(12-15)27-4/h5-8,11-13H,9-10H2,1-4H3,(H,21,24). The summed E-state index contributed by atoms with van der Waals surface area (Å²) < 4.78 is 15.5. The van der Waals surface area contributed by atoms with E-state index in [1.807, 2.05) is 0 Å². The predicted molar refractivity (Wildman–Crippen MR) is 103 cm³/mol. The molecule has 0 bridgehead atoms. The average molecular weight is 372 g/mol. The number of rotatable bonds is 8. The average Bonchev–Trinajstić information content (AvgIpc) is 2.70. The smallest absolute Gasteiger partial charge is 0.251 e. The molecule has 2 aromatic rings. The van der Waals surface area contributed by atoms with Crippen LogP contribution in [0.2, 0.25) is 0 Å². The van der Waals surface area contributed by atoms with Gasteiger partial charge in [0.25, 0.3) is 5.91 Å². The zero-order valence-corrected chi connectivity index (χ0v) is 15.9. The highest BCUT2D eigenvalue weighted by atomic mass is 16.5. The number of carbonyl (C=O) groups is 2. The van der Waals surface area contributed by atoms with Crippen LogP contribution in [0.4, 0.5) is 5.69 Å². The Hall–Kier alpha value is -3.22. The second-order valence-electron chi connectivity index (χ2n) is 5.73. The molecule has 27 heavy (non-hydrogen) atoms. The van der Waals surface area contributed by atoms with E-state index in [1.165, 1.54) is 21.1 Å². The fraction of sp³-hybridized carbons (Fsp3) is 0.300. The third-order valence-electron chi connectivity index (χ3n) is 4.00. The molecular formula is C20H24N2O5. The molecule has 7 nitrogen and oxygen atoms in total. The lowest BCUT2D eigenvalue weighted by Gasteiger charge is -2.21. The number of methoxy groups -OCH3 is 3. The van der Waals surface area contributed by atoms with Gasteiger partial charge in [0.2, 0.25) is 5.91 Å². The first kappa shape index (κ1) is 20.1. The maximum Gasteiger partial charge on any atom is 0.251 e. The van der Waals surface area contributed by atoms with E-state index >= 15 is 0 Å². The van der Waals surface area contributed by atoms with E-state index in [9.17, 15) is 9.59 Å². The number of anilines is 1. The molecule has 7 heteroatoms. The molecule has 0 aliphatic carbocycles. The van der Waals surface area contributed by atoms with Gasteiger partial charge in [0.1, 0.15) is 17.2 Å². The fourth-order valence-electron chi connectivity index (χ4n) is 2.55. The largest absolute Gasteiger partial charge is 0.497 e. The van der Waals surface area contributed by atoms with E-state index in [2.05, 4.69) is 5.32 Å². The quantitative estimate of drug-likeness (QED) is 0.770. The van der Waals surface area contributed by atoms with Gasteiger partial charge in [0.15, 0.2) is 0 Å². The first-order valence-electron chi connectivity index (χ1n) is 8.42. The van der Waals surface area contributed by atoms with Gasteiger partial charge < -0.3 is 24.4 Å². The van der Waals surface area contributed by atoms with Crippen molar-refractivity contribution in [3.8, 4) is 17.2 Å². The van der Waals surface area contributed by atoms with Crippen LogP contribution < -0.4 is 24.4 Å². The minimum absolute atomic E-state index is 0.113. The number of nitrogens with zero attached hydrogens (tertiary/aromatic N) is 1. The number of benzene rings is 2. The molecule has 1 N–H and O–H groups in total. The second kappa shape index (κ2) is 9.47. The molecule has 0 aliphatic heterocycles. The SMILES string of the molecule is COc1ccc(N(CCNC(=O)c2cc(OC)cc(OC)c2)C(C)=O)cc1. The summed E-state index contributed by atoms with van der Waals surface area (Å²) in [4.78, 5) is 26.0. The Kier molecular flexibility index (Phi) is 7.05. The molecule has 0 unspecified atom stereocenters. The van der Waals surface area contributed by atoms with Crippen molar-refractivity contribution >= 4 is 17.5 Å². The number of hydrogen-bond donors (Lipinski definition) is 1. The maximum atomic E-state index is 12.4. The highest BCUT2D eigenvalue weighted by Crippen LogP contribution is 2.22. The van der Waals surface area contributed by atoms with Gasteiger partial charge in [-0.05, 0) is 36.4 Å². The summed E-state index contributed by atoms with van der Waals surface area (Å²) in [6.45, 7) is 2.12. The van der Waals surface area contributed by atoms with Crippen LogP contribution in [0.1, 0.15) is 17.3 Å². The summed E-state index contributed by atoms with van der Waals surface area (Å²) in [6, 6.07) is 12.1. The minimum atomic E-state index is -0.273. The van der Waals surface area contributed by atoms with Crippen molar-refractivity contribution in [3.05, 3.63) is 48.0 Å². The van der Waals surface area contributed by atoms with Gasteiger partial charge in [-0.1, -0.05) is 0 Å². The van der Waals surface area contributed by atoms with Gasteiger partial charge in [-0.3, -0.25) is 9.59 Å². The molecule has 0 aliphatic rings. The van der Waals surface area contributed by atoms with Crippen LogP contribution in [0.25, 0.3) is 0 Å². The zero-order chi connectivity index (χ0) is 19.8. The molecule has 0 fully saturated rings. The van der Waals surface area contributed by atoms with E-state index in [0.717, 1.165) is 5.69 Å². The minimum Gasteiger partial charge on any atom is -0.497 e. The normalized spacial score (nSPS) is 10.1. The van der Waals surface area contributed by atoms with E-state index in [4.69, 9.17) is 14.2 Å². The van der Waals surface area contributed by atoms with Crippen molar-refractivity contribution in [1.82, 2.24) is 5.32 Å². The maximum absolute atomic E-state index is 12.4. The summed E-state index contributed by atoms with van der Waals surface area (Å²) in [5, 5.41) is 2.81. The molecule has 0 saturated carbocycles. The first-order chi connectivity index (χ1) is 13.0. The van der Waals surface area contributed by atoms with Gasteiger partial charge in [-0.2, -0.15) is 0 Å². The number of carbonyl (C=O) groups excluding carboxylic acids is 2. The Morgan fingerprint density at radius 3 is 1.93 bits per heavy atom. The molecule has 0 spiro atoms. The van der Waals surface area contributed by atoms with Crippen molar-refractivity contribution in [2.75, 3.05) is 39.3 Å². The summed E-state index contributed by atoms with van der Waals surface area (Å²) in [7, 11) is 4.63. The molecule has 0 aromatic heterocycles. The molecular weight excluding hydrogens is 348 g/mol. The Bertz CT molecular complexity index is 767. The zero-order valence-electron chi connectivity index (χ0n) is 15.9. The number of hydrogen-bond acceptors (Lipinski definition) is 5. The van der Waals surface area contributed by atoms with Crippen LogP contribution >= 0.6 is 0 Å². The summed E-state index contributed by atoms with van der Waals surface area (Å²) in [5.74, 6) is 1.39. The van der Waals surface area contributed by atoms with Crippen LogP contribution in [-0.4, -0.2) is 46.2 Å². The van der Waals surface area contributed by atoms with Crippen LogP contribution in [0, 0.1) is 0 Å².